The van der Waals surface area contributed by atoms with Crippen molar-refractivity contribution in [2.24, 2.45) is 5.92 Å². The largest absolute Gasteiger partial charge is 0.489 e. The molecule has 1 heterocycles. The van der Waals surface area contributed by atoms with Crippen LogP contribution in [0.4, 0.5) is 5.69 Å². The van der Waals surface area contributed by atoms with Crippen molar-refractivity contribution in [1.29, 1.82) is 0 Å². The molecule has 2 N–H and O–H groups in total. The molecule has 0 amide bonds. The lowest BCUT2D eigenvalue weighted by Crippen LogP contribution is -2.36. The average Bonchev–Trinajstić information content (AvgIpc) is 2.59. The monoisotopic (exact) mass is 347 g/mol. The van der Waals surface area contributed by atoms with Crippen molar-refractivity contribution in [2.45, 2.75) is 26.2 Å². The molecule has 132 valence electrons. The number of rotatable bonds is 8. The molecule has 5 heteroatoms. The van der Waals surface area contributed by atoms with Gasteiger partial charge in [0.25, 0.3) is 0 Å². The van der Waals surface area contributed by atoms with E-state index in [4.69, 9.17) is 17.0 Å². The van der Waals surface area contributed by atoms with Crippen molar-refractivity contribution in [1.82, 2.24) is 10.2 Å². The Morgan fingerprint density at radius 3 is 2.96 bits per heavy atom. The number of anilines is 1. The van der Waals surface area contributed by atoms with Crippen molar-refractivity contribution < 1.29 is 4.74 Å². The van der Waals surface area contributed by atoms with Gasteiger partial charge in [-0.05, 0) is 69.2 Å². The van der Waals surface area contributed by atoms with Crippen molar-refractivity contribution in [2.75, 3.05) is 38.1 Å². The molecule has 0 unspecified atom stereocenters. The number of benzene rings is 1. The molecular formula is C19H29N3OS. The average molecular weight is 348 g/mol. The molecule has 1 aliphatic rings. The van der Waals surface area contributed by atoms with Crippen LogP contribution in [0, 0.1) is 5.92 Å². The molecule has 0 saturated carbocycles. The third kappa shape index (κ3) is 6.89. The second-order valence-electron chi connectivity index (χ2n) is 6.39. The molecule has 1 aromatic rings. The number of hydrogen-bond acceptors (Lipinski definition) is 3. The number of likely N-dealkylation sites (tertiary alicyclic amines) is 1. The van der Waals surface area contributed by atoms with Crippen LogP contribution in [0.5, 0.6) is 5.75 Å². The van der Waals surface area contributed by atoms with E-state index in [0.717, 1.165) is 36.9 Å². The van der Waals surface area contributed by atoms with Gasteiger partial charge < -0.3 is 20.3 Å². The van der Waals surface area contributed by atoms with Crippen LogP contribution in [0.25, 0.3) is 0 Å². The van der Waals surface area contributed by atoms with E-state index in [-0.39, 0.29) is 0 Å². The maximum Gasteiger partial charge on any atom is 0.170 e. The first-order valence-electron chi connectivity index (χ1n) is 8.78. The van der Waals surface area contributed by atoms with E-state index in [9.17, 15) is 0 Å². The predicted octanol–water partition coefficient (Wildman–Crippen LogP) is 3.66. The van der Waals surface area contributed by atoms with E-state index in [0.29, 0.717) is 11.7 Å². The Morgan fingerprint density at radius 2 is 2.21 bits per heavy atom. The van der Waals surface area contributed by atoms with Gasteiger partial charge in [-0.15, -0.1) is 0 Å². The second-order valence-corrected chi connectivity index (χ2v) is 6.79. The summed E-state index contributed by atoms with van der Waals surface area (Å²) in [7, 11) is 0. The summed E-state index contributed by atoms with van der Waals surface area (Å²) in [4.78, 5) is 2.55. The van der Waals surface area contributed by atoms with Crippen molar-refractivity contribution >= 4 is 23.0 Å². The third-order valence-electron chi connectivity index (χ3n) is 4.27. The Kier molecular flexibility index (Phi) is 8.05. The topological polar surface area (TPSA) is 36.5 Å². The Hall–Kier alpha value is -1.59. The minimum Gasteiger partial charge on any atom is -0.489 e. The molecule has 1 fully saturated rings. The minimum absolute atomic E-state index is 0.501. The number of nitrogens with zero attached hydrogens (tertiary/aromatic N) is 1. The molecule has 0 spiro atoms. The zero-order chi connectivity index (χ0) is 17.2. The van der Waals surface area contributed by atoms with Crippen LogP contribution in [0.2, 0.25) is 0 Å². The van der Waals surface area contributed by atoms with Gasteiger partial charge >= 0.3 is 0 Å². The molecule has 0 bridgehead atoms. The molecule has 1 aliphatic heterocycles. The molecule has 4 nitrogen and oxygen atoms in total. The van der Waals surface area contributed by atoms with Crippen LogP contribution in [0.1, 0.15) is 26.2 Å². The standard InChI is InChI=1S/C19H29N3OS/c1-3-14-23-18-7-4-6-17(15-18)21-19(24)20-10-5-11-22-12-8-16(2)9-13-22/h3-4,6-7,15-16H,1,5,8-14H2,2H3,(H2,20,21,24). The van der Waals surface area contributed by atoms with E-state index in [2.05, 4.69) is 29.0 Å². The molecule has 0 atom stereocenters. The highest BCUT2D eigenvalue weighted by atomic mass is 32.1. The summed E-state index contributed by atoms with van der Waals surface area (Å²) in [6.07, 6.45) is 5.50. The number of ether oxygens (including phenoxy) is 1. The van der Waals surface area contributed by atoms with Gasteiger partial charge in [-0.25, -0.2) is 0 Å². The molecule has 1 saturated heterocycles. The molecule has 1 aromatic carbocycles. The number of piperidine rings is 1. The Bertz CT molecular complexity index is 527. The third-order valence-corrected chi connectivity index (χ3v) is 4.52. The predicted molar refractivity (Wildman–Crippen MR) is 106 cm³/mol. The van der Waals surface area contributed by atoms with Crippen molar-refractivity contribution in [3.8, 4) is 5.75 Å². The van der Waals surface area contributed by atoms with E-state index >= 15 is 0 Å². The Labute approximate surface area is 151 Å². The summed E-state index contributed by atoms with van der Waals surface area (Å²) in [6, 6.07) is 7.78. The SMILES string of the molecule is C=CCOc1cccc(NC(=S)NCCCN2CCC(C)CC2)c1. The quantitative estimate of drug-likeness (QED) is 0.426. The minimum atomic E-state index is 0.501. The lowest BCUT2D eigenvalue weighted by atomic mass is 9.99. The first kappa shape index (κ1) is 18.7. The van der Waals surface area contributed by atoms with Crippen LogP contribution in [0.3, 0.4) is 0 Å². The second kappa shape index (κ2) is 10.3. The summed E-state index contributed by atoms with van der Waals surface area (Å²) in [5.74, 6) is 1.70. The van der Waals surface area contributed by atoms with Gasteiger partial charge in [0, 0.05) is 18.3 Å². The zero-order valence-electron chi connectivity index (χ0n) is 14.6. The highest BCUT2D eigenvalue weighted by Gasteiger charge is 2.14. The van der Waals surface area contributed by atoms with Gasteiger partial charge in [0.05, 0.1) is 0 Å². The maximum absolute atomic E-state index is 5.52. The highest BCUT2D eigenvalue weighted by Crippen LogP contribution is 2.17. The summed E-state index contributed by atoms with van der Waals surface area (Å²) in [5, 5.41) is 7.14. The lowest BCUT2D eigenvalue weighted by Gasteiger charge is -2.30. The van der Waals surface area contributed by atoms with Gasteiger partial charge in [0.2, 0.25) is 0 Å². The van der Waals surface area contributed by atoms with Gasteiger partial charge in [0.1, 0.15) is 12.4 Å². The van der Waals surface area contributed by atoms with Gasteiger partial charge in [-0.3, -0.25) is 0 Å². The molecule has 0 aromatic heterocycles. The number of thiocarbonyl (C=S) groups is 1. The van der Waals surface area contributed by atoms with Crippen molar-refractivity contribution in [3.05, 3.63) is 36.9 Å². The van der Waals surface area contributed by atoms with E-state index in [1.165, 1.54) is 25.9 Å². The lowest BCUT2D eigenvalue weighted by molar-refractivity contribution is 0.191. The van der Waals surface area contributed by atoms with Crippen LogP contribution in [-0.4, -0.2) is 42.8 Å². The number of hydrogen-bond donors (Lipinski definition) is 2. The van der Waals surface area contributed by atoms with Crippen LogP contribution >= 0.6 is 12.2 Å². The Balaban J connectivity index is 1.63. The zero-order valence-corrected chi connectivity index (χ0v) is 15.4. The Morgan fingerprint density at radius 1 is 1.42 bits per heavy atom. The normalized spacial score (nSPS) is 15.7. The summed E-state index contributed by atoms with van der Waals surface area (Å²) in [6.45, 7) is 11.0. The van der Waals surface area contributed by atoms with Crippen molar-refractivity contribution in [3.63, 3.8) is 0 Å². The number of nitrogens with one attached hydrogen (secondary N) is 2. The van der Waals surface area contributed by atoms with Gasteiger partial charge in [0.15, 0.2) is 5.11 Å². The van der Waals surface area contributed by atoms with Crippen LogP contribution in [-0.2, 0) is 0 Å². The first-order chi connectivity index (χ1) is 11.7. The van der Waals surface area contributed by atoms with Crippen LogP contribution in [0.15, 0.2) is 36.9 Å². The fourth-order valence-electron chi connectivity index (χ4n) is 2.78. The fraction of sp³-hybridized carbons (Fsp3) is 0.526. The summed E-state index contributed by atoms with van der Waals surface area (Å²) < 4.78 is 5.52. The van der Waals surface area contributed by atoms with Gasteiger partial charge in [-0.1, -0.05) is 25.6 Å². The molecule has 2 rings (SSSR count). The summed E-state index contributed by atoms with van der Waals surface area (Å²) >= 11 is 5.36. The molecule has 0 radical (unpaired) electrons. The van der Waals surface area contributed by atoms with E-state index in [1.54, 1.807) is 6.08 Å². The summed E-state index contributed by atoms with van der Waals surface area (Å²) in [5.41, 5.74) is 0.930. The smallest absolute Gasteiger partial charge is 0.170 e. The first-order valence-corrected chi connectivity index (χ1v) is 9.19. The molecular weight excluding hydrogens is 318 g/mol. The molecule has 24 heavy (non-hydrogen) atoms. The molecule has 0 aliphatic carbocycles. The maximum atomic E-state index is 5.52. The van der Waals surface area contributed by atoms with Crippen LogP contribution < -0.4 is 15.4 Å². The fourth-order valence-corrected chi connectivity index (χ4v) is 3.00. The van der Waals surface area contributed by atoms with E-state index < -0.39 is 0 Å². The highest BCUT2D eigenvalue weighted by molar-refractivity contribution is 7.80. The van der Waals surface area contributed by atoms with Gasteiger partial charge in [-0.2, -0.15) is 0 Å². The van der Waals surface area contributed by atoms with E-state index in [1.807, 2.05) is 24.3 Å².